The zero-order chi connectivity index (χ0) is 12.2. The van der Waals surface area contributed by atoms with Crippen molar-refractivity contribution in [2.45, 2.75) is 40.5 Å². The second kappa shape index (κ2) is 5.67. The molecule has 0 unspecified atom stereocenters. The molecule has 94 valence electrons. The Morgan fingerprint density at radius 2 is 1.69 bits per heavy atom. The van der Waals surface area contributed by atoms with E-state index in [-0.39, 0.29) is 0 Å². The van der Waals surface area contributed by atoms with E-state index in [4.69, 9.17) is 0 Å². The van der Waals surface area contributed by atoms with Gasteiger partial charge in [0, 0.05) is 32.6 Å². The molecule has 1 amide bonds. The van der Waals surface area contributed by atoms with Gasteiger partial charge in [0.05, 0.1) is 0 Å². The summed E-state index contributed by atoms with van der Waals surface area (Å²) in [7, 11) is 0. The number of hydrogen-bond acceptors (Lipinski definition) is 2. The predicted octanol–water partition coefficient (Wildman–Crippen LogP) is 1.98. The van der Waals surface area contributed by atoms with Crippen LogP contribution in [0.3, 0.4) is 0 Å². The second-order valence-electron chi connectivity index (χ2n) is 5.89. The molecule has 1 saturated heterocycles. The summed E-state index contributed by atoms with van der Waals surface area (Å²) >= 11 is 0. The smallest absolute Gasteiger partial charge is 0.222 e. The van der Waals surface area contributed by atoms with Gasteiger partial charge < -0.3 is 4.90 Å². The standard InChI is InChI=1S/C13H26N2O/c1-5-12(16)15-10-8-14(9-11-15)7-6-13(2,3)4/h5-11H2,1-4H3. The highest BCUT2D eigenvalue weighted by Crippen LogP contribution is 2.19. The van der Waals surface area contributed by atoms with E-state index in [1.54, 1.807) is 0 Å². The normalized spacial score (nSPS) is 18.9. The monoisotopic (exact) mass is 226 g/mol. The van der Waals surface area contributed by atoms with Crippen LogP contribution in [0.1, 0.15) is 40.5 Å². The predicted molar refractivity (Wildman–Crippen MR) is 67.4 cm³/mol. The molecule has 1 heterocycles. The van der Waals surface area contributed by atoms with Gasteiger partial charge in [0.1, 0.15) is 0 Å². The van der Waals surface area contributed by atoms with E-state index < -0.39 is 0 Å². The molecule has 0 atom stereocenters. The third-order valence-electron chi connectivity index (χ3n) is 3.21. The van der Waals surface area contributed by atoms with Gasteiger partial charge >= 0.3 is 0 Å². The Morgan fingerprint density at radius 1 is 1.12 bits per heavy atom. The quantitative estimate of drug-likeness (QED) is 0.734. The molecule has 3 nitrogen and oxygen atoms in total. The highest BCUT2D eigenvalue weighted by Gasteiger charge is 2.20. The molecule has 0 aromatic heterocycles. The minimum absolute atomic E-state index is 0.301. The average Bonchev–Trinajstić information content (AvgIpc) is 2.25. The first kappa shape index (κ1) is 13.5. The van der Waals surface area contributed by atoms with Crippen molar-refractivity contribution >= 4 is 5.91 Å². The number of rotatable bonds is 3. The van der Waals surface area contributed by atoms with Gasteiger partial charge in [-0.15, -0.1) is 0 Å². The van der Waals surface area contributed by atoms with Crippen LogP contribution in [0.2, 0.25) is 0 Å². The van der Waals surface area contributed by atoms with Crippen molar-refractivity contribution in [3.63, 3.8) is 0 Å². The molecule has 0 aromatic rings. The van der Waals surface area contributed by atoms with E-state index in [0.29, 0.717) is 17.7 Å². The first-order valence-electron chi connectivity index (χ1n) is 6.42. The van der Waals surface area contributed by atoms with Crippen LogP contribution in [0.25, 0.3) is 0 Å². The van der Waals surface area contributed by atoms with E-state index in [2.05, 4.69) is 25.7 Å². The zero-order valence-corrected chi connectivity index (χ0v) is 11.3. The molecule has 16 heavy (non-hydrogen) atoms. The summed E-state index contributed by atoms with van der Waals surface area (Å²) in [5.41, 5.74) is 0.413. The van der Waals surface area contributed by atoms with Crippen LogP contribution in [-0.4, -0.2) is 48.4 Å². The lowest BCUT2D eigenvalue weighted by atomic mass is 9.92. The lowest BCUT2D eigenvalue weighted by Gasteiger charge is -2.35. The van der Waals surface area contributed by atoms with Crippen LogP contribution in [0.15, 0.2) is 0 Å². The molecule has 0 radical (unpaired) electrons. The molecule has 0 spiro atoms. The molecule has 0 saturated carbocycles. The Morgan fingerprint density at radius 3 is 2.12 bits per heavy atom. The Labute approximate surface area is 99.8 Å². The fourth-order valence-electron chi connectivity index (χ4n) is 1.94. The van der Waals surface area contributed by atoms with Gasteiger partial charge in [-0.05, 0) is 18.4 Å². The van der Waals surface area contributed by atoms with E-state index in [1.165, 1.54) is 6.42 Å². The highest BCUT2D eigenvalue weighted by atomic mass is 16.2. The molecule has 1 aliphatic rings. The molecule has 0 aromatic carbocycles. The van der Waals surface area contributed by atoms with Crippen LogP contribution in [-0.2, 0) is 4.79 Å². The molecule has 0 N–H and O–H groups in total. The van der Waals surface area contributed by atoms with E-state index in [0.717, 1.165) is 32.7 Å². The first-order chi connectivity index (χ1) is 7.42. The fourth-order valence-corrected chi connectivity index (χ4v) is 1.94. The fraction of sp³-hybridized carbons (Fsp3) is 0.923. The zero-order valence-electron chi connectivity index (χ0n) is 11.3. The van der Waals surface area contributed by atoms with Crippen molar-refractivity contribution < 1.29 is 4.79 Å². The molecule has 1 aliphatic heterocycles. The summed E-state index contributed by atoms with van der Waals surface area (Å²) in [6.07, 6.45) is 1.87. The number of amides is 1. The number of hydrogen-bond donors (Lipinski definition) is 0. The lowest BCUT2D eigenvalue weighted by Crippen LogP contribution is -2.49. The highest BCUT2D eigenvalue weighted by molar-refractivity contribution is 5.75. The van der Waals surface area contributed by atoms with Gasteiger partial charge in [-0.1, -0.05) is 27.7 Å². The summed E-state index contributed by atoms with van der Waals surface area (Å²) in [5.74, 6) is 0.301. The first-order valence-corrected chi connectivity index (χ1v) is 6.42. The van der Waals surface area contributed by atoms with Crippen molar-refractivity contribution in [1.82, 2.24) is 9.80 Å². The molecule has 1 fully saturated rings. The molecule has 0 aliphatic carbocycles. The van der Waals surface area contributed by atoms with Gasteiger partial charge in [0.2, 0.25) is 5.91 Å². The maximum Gasteiger partial charge on any atom is 0.222 e. The van der Waals surface area contributed by atoms with Crippen LogP contribution in [0.4, 0.5) is 0 Å². The number of carbonyl (C=O) groups is 1. The third kappa shape index (κ3) is 4.52. The van der Waals surface area contributed by atoms with Crippen molar-refractivity contribution in [2.75, 3.05) is 32.7 Å². The SMILES string of the molecule is CCC(=O)N1CCN(CCC(C)(C)C)CC1. The van der Waals surface area contributed by atoms with E-state index in [9.17, 15) is 4.79 Å². The van der Waals surface area contributed by atoms with E-state index in [1.807, 2.05) is 11.8 Å². The largest absolute Gasteiger partial charge is 0.340 e. The van der Waals surface area contributed by atoms with Crippen molar-refractivity contribution in [3.8, 4) is 0 Å². The van der Waals surface area contributed by atoms with Gasteiger partial charge in [-0.2, -0.15) is 0 Å². The molecular formula is C13H26N2O. The Hall–Kier alpha value is -0.570. The Balaban J connectivity index is 2.24. The second-order valence-corrected chi connectivity index (χ2v) is 5.89. The van der Waals surface area contributed by atoms with Crippen LogP contribution in [0.5, 0.6) is 0 Å². The molecule has 1 rings (SSSR count). The topological polar surface area (TPSA) is 23.6 Å². The summed E-state index contributed by atoms with van der Waals surface area (Å²) in [5, 5.41) is 0. The molecule has 3 heteroatoms. The van der Waals surface area contributed by atoms with Crippen LogP contribution < -0.4 is 0 Å². The Bertz CT molecular complexity index is 225. The van der Waals surface area contributed by atoms with Crippen molar-refractivity contribution in [1.29, 1.82) is 0 Å². The summed E-state index contributed by atoms with van der Waals surface area (Å²) in [4.78, 5) is 16.0. The summed E-state index contributed by atoms with van der Waals surface area (Å²) < 4.78 is 0. The summed E-state index contributed by atoms with van der Waals surface area (Å²) in [6.45, 7) is 13.9. The van der Waals surface area contributed by atoms with Crippen molar-refractivity contribution in [2.24, 2.45) is 5.41 Å². The van der Waals surface area contributed by atoms with Gasteiger partial charge in [0.25, 0.3) is 0 Å². The Kier molecular flexibility index (Phi) is 4.78. The maximum atomic E-state index is 11.5. The number of carbonyl (C=O) groups excluding carboxylic acids is 1. The molecular weight excluding hydrogens is 200 g/mol. The van der Waals surface area contributed by atoms with E-state index >= 15 is 0 Å². The summed E-state index contributed by atoms with van der Waals surface area (Å²) in [6, 6.07) is 0. The number of nitrogens with zero attached hydrogens (tertiary/aromatic N) is 2. The van der Waals surface area contributed by atoms with Gasteiger partial charge in [-0.25, -0.2) is 0 Å². The third-order valence-corrected chi connectivity index (χ3v) is 3.21. The minimum atomic E-state index is 0.301. The van der Waals surface area contributed by atoms with Gasteiger partial charge in [-0.3, -0.25) is 9.69 Å². The lowest BCUT2D eigenvalue weighted by molar-refractivity contribution is -0.132. The average molecular weight is 226 g/mol. The number of piperazine rings is 1. The van der Waals surface area contributed by atoms with Crippen LogP contribution in [0, 0.1) is 5.41 Å². The molecule has 0 bridgehead atoms. The van der Waals surface area contributed by atoms with Gasteiger partial charge in [0.15, 0.2) is 0 Å². The van der Waals surface area contributed by atoms with Crippen molar-refractivity contribution in [3.05, 3.63) is 0 Å². The van der Waals surface area contributed by atoms with Crippen LogP contribution >= 0.6 is 0 Å². The maximum absolute atomic E-state index is 11.5. The minimum Gasteiger partial charge on any atom is -0.340 e.